The minimum atomic E-state index is -0.370. The van der Waals surface area contributed by atoms with E-state index in [1.165, 1.54) is 36.0 Å². The Morgan fingerprint density at radius 3 is 2.40 bits per heavy atom. The van der Waals surface area contributed by atoms with Gasteiger partial charge in [-0.15, -0.1) is 11.8 Å². The molecule has 30 heavy (non-hydrogen) atoms. The fourth-order valence-electron chi connectivity index (χ4n) is 3.24. The van der Waals surface area contributed by atoms with Crippen molar-refractivity contribution >= 4 is 40.9 Å². The van der Waals surface area contributed by atoms with Gasteiger partial charge in [0.05, 0.1) is 17.4 Å². The zero-order valence-corrected chi connectivity index (χ0v) is 17.3. The van der Waals surface area contributed by atoms with Gasteiger partial charge < -0.3 is 15.5 Å². The number of benzene rings is 2. The van der Waals surface area contributed by atoms with E-state index >= 15 is 0 Å². The van der Waals surface area contributed by atoms with E-state index < -0.39 is 0 Å². The number of thioether (sulfide) groups is 1. The summed E-state index contributed by atoms with van der Waals surface area (Å²) in [6, 6.07) is 14.8. The smallest absolute Gasteiger partial charge is 0.234 e. The number of hydrogen-bond donors (Lipinski definition) is 2. The highest BCUT2D eigenvalue weighted by Gasteiger charge is 2.28. The van der Waals surface area contributed by atoms with Gasteiger partial charge in [0, 0.05) is 24.5 Å². The van der Waals surface area contributed by atoms with Gasteiger partial charge in [-0.1, -0.05) is 18.2 Å². The second kappa shape index (κ2) is 10.8. The molecule has 0 aromatic heterocycles. The van der Waals surface area contributed by atoms with Crippen molar-refractivity contribution in [1.82, 2.24) is 4.90 Å². The van der Waals surface area contributed by atoms with E-state index in [0.29, 0.717) is 18.8 Å². The summed E-state index contributed by atoms with van der Waals surface area (Å²) in [7, 11) is 0. The summed E-state index contributed by atoms with van der Waals surface area (Å²) in [4.78, 5) is 38.7. The van der Waals surface area contributed by atoms with E-state index in [1.807, 2.05) is 30.3 Å². The van der Waals surface area contributed by atoms with Gasteiger partial charge >= 0.3 is 0 Å². The Kier molecular flexibility index (Phi) is 7.84. The molecular weight excluding hydrogens is 405 g/mol. The molecule has 1 atom stereocenters. The summed E-state index contributed by atoms with van der Waals surface area (Å²) >= 11 is 1.22. The van der Waals surface area contributed by atoms with Gasteiger partial charge in [-0.3, -0.25) is 14.4 Å². The molecule has 2 aromatic carbocycles. The van der Waals surface area contributed by atoms with Crippen LogP contribution >= 0.6 is 11.8 Å². The molecule has 0 aliphatic carbocycles. The molecule has 1 unspecified atom stereocenters. The number of rotatable bonds is 7. The number of piperidine rings is 1. The zero-order valence-electron chi connectivity index (χ0n) is 16.5. The molecule has 1 aliphatic rings. The molecule has 0 radical (unpaired) electrons. The number of halogens is 1. The summed E-state index contributed by atoms with van der Waals surface area (Å²) in [5, 5.41) is 5.56. The summed E-state index contributed by atoms with van der Waals surface area (Å²) in [5.41, 5.74) is 1.25. The van der Waals surface area contributed by atoms with Crippen LogP contribution < -0.4 is 10.6 Å². The second-order valence-corrected chi connectivity index (χ2v) is 8.07. The van der Waals surface area contributed by atoms with Crippen LogP contribution in [0.5, 0.6) is 0 Å². The monoisotopic (exact) mass is 429 g/mol. The molecule has 158 valence electrons. The number of carbonyl (C=O) groups excluding carboxylic acids is 3. The van der Waals surface area contributed by atoms with Crippen LogP contribution in [0, 0.1) is 11.7 Å². The highest BCUT2D eigenvalue weighted by Crippen LogP contribution is 2.20. The number of para-hydroxylation sites is 1. The van der Waals surface area contributed by atoms with E-state index in [1.54, 1.807) is 4.90 Å². The first-order valence-electron chi connectivity index (χ1n) is 9.78. The van der Waals surface area contributed by atoms with Crippen LogP contribution in [0.4, 0.5) is 15.8 Å². The number of amides is 3. The Bertz CT molecular complexity index is 877. The van der Waals surface area contributed by atoms with Gasteiger partial charge in [-0.2, -0.15) is 0 Å². The Balaban J connectivity index is 1.40. The standard InChI is InChI=1S/C22H24FN3O3S/c23-17-8-10-19(11-9-17)24-20(27)14-30-15-21(28)26-12-4-5-16(13-26)22(29)25-18-6-2-1-3-7-18/h1-3,6-11,16H,4-5,12-15H2,(H,24,27)(H,25,29). The van der Waals surface area contributed by atoms with Crippen molar-refractivity contribution in [2.45, 2.75) is 12.8 Å². The summed E-state index contributed by atoms with van der Waals surface area (Å²) in [5.74, 6) is -0.728. The number of hydrogen-bond acceptors (Lipinski definition) is 4. The molecule has 8 heteroatoms. The summed E-state index contributed by atoms with van der Waals surface area (Å²) in [6.07, 6.45) is 1.52. The van der Waals surface area contributed by atoms with Gasteiger partial charge in [-0.25, -0.2) is 4.39 Å². The maximum atomic E-state index is 12.9. The molecule has 6 nitrogen and oxygen atoms in total. The normalized spacial score (nSPS) is 16.0. The van der Waals surface area contributed by atoms with Crippen LogP contribution in [-0.4, -0.2) is 47.2 Å². The van der Waals surface area contributed by atoms with Crippen LogP contribution in [0.2, 0.25) is 0 Å². The summed E-state index contributed by atoms with van der Waals surface area (Å²) in [6.45, 7) is 1.01. The van der Waals surface area contributed by atoms with Gasteiger partial charge in [0.25, 0.3) is 0 Å². The van der Waals surface area contributed by atoms with Crippen molar-refractivity contribution in [3.63, 3.8) is 0 Å². The van der Waals surface area contributed by atoms with E-state index in [2.05, 4.69) is 10.6 Å². The van der Waals surface area contributed by atoms with Crippen molar-refractivity contribution < 1.29 is 18.8 Å². The molecule has 1 saturated heterocycles. The molecule has 1 heterocycles. The Labute approximate surface area is 179 Å². The minimum absolute atomic E-state index is 0.0770. The first-order chi connectivity index (χ1) is 14.5. The van der Waals surface area contributed by atoms with Crippen molar-refractivity contribution in [2.24, 2.45) is 5.92 Å². The fourth-order valence-corrected chi connectivity index (χ4v) is 3.95. The lowest BCUT2D eigenvalue weighted by atomic mass is 9.97. The van der Waals surface area contributed by atoms with Crippen LogP contribution in [-0.2, 0) is 14.4 Å². The highest BCUT2D eigenvalue weighted by molar-refractivity contribution is 8.00. The second-order valence-electron chi connectivity index (χ2n) is 7.08. The number of nitrogens with one attached hydrogen (secondary N) is 2. The van der Waals surface area contributed by atoms with E-state index in [-0.39, 0.29) is 41.0 Å². The fraction of sp³-hybridized carbons (Fsp3) is 0.318. The largest absolute Gasteiger partial charge is 0.341 e. The lowest BCUT2D eigenvalue weighted by Gasteiger charge is -2.32. The maximum Gasteiger partial charge on any atom is 0.234 e. The Hall–Kier alpha value is -2.87. The van der Waals surface area contributed by atoms with Crippen molar-refractivity contribution in [2.75, 3.05) is 35.2 Å². The lowest BCUT2D eigenvalue weighted by molar-refractivity contribution is -0.132. The first kappa shape index (κ1) is 21.8. The predicted octanol–water partition coefficient (Wildman–Crippen LogP) is 3.37. The predicted molar refractivity (Wildman–Crippen MR) is 117 cm³/mol. The molecule has 2 aromatic rings. The topological polar surface area (TPSA) is 78.5 Å². The molecule has 2 N–H and O–H groups in total. The number of likely N-dealkylation sites (tertiary alicyclic amines) is 1. The van der Waals surface area contributed by atoms with Gasteiger partial charge in [0.15, 0.2) is 0 Å². The van der Waals surface area contributed by atoms with E-state index in [0.717, 1.165) is 18.5 Å². The third-order valence-electron chi connectivity index (χ3n) is 4.77. The van der Waals surface area contributed by atoms with Crippen molar-refractivity contribution in [3.8, 4) is 0 Å². The summed E-state index contributed by atoms with van der Waals surface area (Å²) < 4.78 is 12.9. The number of anilines is 2. The zero-order chi connectivity index (χ0) is 21.3. The quantitative estimate of drug-likeness (QED) is 0.707. The Morgan fingerprint density at radius 1 is 0.967 bits per heavy atom. The minimum Gasteiger partial charge on any atom is -0.341 e. The van der Waals surface area contributed by atoms with Crippen molar-refractivity contribution in [3.05, 3.63) is 60.4 Å². The molecule has 3 amide bonds. The highest BCUT2D eigenvalue weighted by atomic mass is 32.2. The lowest BCUT2D eigenvalue weighted by Crippen LogP contribution is -2.44. The maximum absolute atomic E-state index is 12.9. The third-order valence-corrected chi connectivity index (χ3v) is 5.69. The molecule has 1 aliphatic heterocycles. The average molecular weight is 430 g/mol. The van der Waals surface area contributed by atoms with Crippen molar-refractivity contribution in [1.29, 1.82) is 0 Å². The number of nitrogens with zero attached hydrogens (tertiary/aromatic N) is 1. The van der Waals surface area contributed by atoms with Crippen LogP contribution in [0.25, 0.3) is 0 Å². The van der Waals surface area contributed by atoms with E-state index in [4.69, 9.17) is 0 Å². The number of carbonyl (C=O) groups is 3. The third kappa shape index (κ3) is 6.59. The van der Waals surface area contributed by atoms with Crippen LogP contribution in [0.15, 0.2) is 54.6 Å². The van der Waals surface area contributed by atoms with E-state index in [9.17, 15) is 18.8 Å². The Morgan fingerprint density at radius 2 is 1.67 bits per heavy atom. The van der Waals surface area contributed by atoms with Crippen LogP contribution in [0.1, 0.15) is 12.8 Å². The first-order valence-corrected chi connectivity index (χ1v) is 10.9. The molecular formula is C22H24FN3O3S. The van der Waals surface area contributed by atoms with Gasteiger partial charge in [-0.05, 0) is 49.2 Å². The molecule has 3 rings (SSSR count). The molecule has 0 spiro atoms. The molecule has 0 saturated carbocycles. The van der Waals surface area contributed by atoms with Gasteiger partial charge in [0.1, 0.15) is 5.82 Å². The molecule has 1 fully saturated rings. The van der Waals surface area contributed by atoms with Gasteiger partial charge in [0.2, 0.25) is 17.7 Å². The average Bonchev–Trinajstić information content (AvgIpc) is 2.76. The molecule has 0 bridgehead atoms. The van der Waals surface area contributed by atoms with Crippen LogP contribution in [0.3, 0.4) is 0 Å². The SMILES string of the molecule is O=C(CSCC(=O)N1CCCC(C(=O)Nc2ccccc2)C1)Nc1ccc(F)cc1.